The summed E-state index contributed by atoms with van der Waals surface area (Å²) in [4.78, 5) is 0. The van der Waals surface area contributed by atoms with E-state index in [9.17, 15) is 0 Å². The predicted octanol–water partition coefficient (Wildman–Crippen LogP) is 12.8. The average Bonchev–Trinajstić information content (AvgIpc) is 4.14. The average molecular weight is 1000 g/mol. The standard InChI is InChI=1S/C72H51NOSi2/c1-6-27-57(28-7-1)75(58-29-8-2-9-30-58,59-31-10-3-11-32-59)62-37-21-25-54(48-62)52-23-20-24-53(47-52)55-43-45-71-67(49-55)68-51-64(44-46-72(68)74-71)76(60-33-12-4-13-34-60,61-35-14-5-15-36-61)63-38-22-26-56(50-63)73-69-41-18-16-39-65(69)66-40-17-19-42-70(66)73/h1-51H. The molecule has 0 fully saturated rings. The van der Waals surface area contributed by atoms with Crippen molar-refractivity contribution in [1.29, 1.82) is 0 Å². The van der Waals surface area contributed by atoms with Crippen molar-refractivity contribution in [3.8, 4) is 27.9 Å². The molecule has 0 bridgehead atoms. The van der Waals surface area contributed by atoms with Gasteiger partial charge in [0.25, 0.3) is 0 Å². The molecule has 14 rings (SSSR count). The van der Waals surface area contributed by atoms with Crippen LogP contribution in [0.3, 0.4) is 0 Å². The molecule has 2 aromatic heterocycles. The minimum atomic E-state index is -3.02. The van der Waals surface area contributed by atoms with Gasteiger partial charge in [0, 0.05) is 27.2 Å². The Morgan fingerprint density at radius 2 is 0.579 bits per heavy atom. The second kappa shape index (κ2) is 18.9. The Hall–Kier alpha value is -9.33. The van der Waals surface area contributed by atoms with Crippen molar-refractivity contribution in [2.24, 2.45) is 0 Å². The van der Waals surface area contributed by atoms with Crippen LogP contribution in [-0.2, 0) is 0 Å². The molecule has 358 valence electrons. The molecule has 76 heavy (non-hydrogen) atoms. The first-order valence-corrected chi connectivity index (χ1v) is 30.2. The third-order valence-corrected chi connectivity index (χ3v) is 25.4. The molecular weight excluding hydrogens is 951 g/mol. The number of benzene rings is 12. The molecule has 0 saturated heterocycles. The largest absolute Gasteiger partial charge is 0.456 e. The predicted molar refractivity (Wildman–Crippen MR) is 326 cm³/mol. The fraction of sp³-hybridized carbons (Fsp3) is 0. The van der Waals surface area contributed by atoms with Crippen LogP contribution >= 0.6 is 0 Å². The summed E-state index contributed by atoms with van der Waals surface area (Å²) in [6, 6.07) is 115. The summed E-state index contributed by atoms with van der Waals surface area (Å²) in [6.07, 6.45) is 0. The number of rotatable bonds is 11. The van der Waals surface area contributed by atoms with Crippen LogP contribution in [0.2, 0.25) is 0 Å². The Balaban J connectivity index is 0.915. The van der Waals surface area contributed by atoms with Crippen molar-refractivity contribution in [2.75, 3.05) is 0 Å². The molecule has 0 aliphatic rings. The molecule has 0 aliphatic heterocycles. The minimum absolute atomic E-state index is 0.879. The molecule has 0 unspecified atom stereocenters. The van der Waals surface area contributed by atoms with Gasteiger partial charge in [-0.3, -0.25) is 0 Å². The van der Waals surface area contributed by atoms with Crippen molar-refractivity contribution in [3.63, 3.8) is 0 Å². The van der Waals surface area contributed by atoms with Crippen LogP contribution in [0.4, 0.5) is 0 Å². The van der Waals surface area contributed by atoms with E-state index in [0.29, 0.717) is 0 Å². The highest BCUT2D eigenvalue weighted by Crippen LogP contribution is 2.35. The van der Waals surface area contributed by atoms with E-state index in [1.165, 1.54) is 74.4 Å². The van der Waals surface area contributed by atoms with Crippen molar-refractivity contribution in [3.05, 3.63) is 309 Å². The zero-order chi connectivity index (χ0) is 50.5. The lowest BCUT2D eigenvalue weighted by atomic mass is 9.98. The van der Waals surface area contributed by atoms with E-state index < -0.39 is 16.1 Å². The summed E-state index contributed by atoms with van der Waals surface area (Å²) in [5.74, 6) is 0. The molecule has 0 atom stereocenters. The summed E-state index contributed by atoms with van der Waals surface area (Å²) in [5.41, 5.74) is 10.00. The van der Waals surface area contributed by atoms with Crippen LogP contribution in [0.1, 0.15) is 0 Å². The fourth-order valence-electron chi connectivity index (χ4n) is 12.5. The Bertz CT molecular complexity index is 4210. The second-order valence-corrected chi connectivity index (χ2v) is 27.6. The Morgan fingerprint density at radius 3 is 1.09 bits per heavy atom. The molecule has 0 spiro atoms. The molecule has 4 heteroatoms. The van der Waals surface area contributed by atoms with Crippen LogP contribution in [-0.4, -0.2) is 20.7 Å². The Kier molecular flexibility index (Phi) is 11.2. The molecule has 2 heterocycles. The molecule has 0 aliphatic carbocycles. The molecule has 14 aromatic rings. The maximum Gasteiger partial charge on any atom is 0.179 e. The van der Waals surface area contributed by atoms with Crippen molar-refractivity contribution in [1.82, 2.24) is 4.57 Å². The van der Waals surface area contributed by atoms with Crippen LogP contribution in [0.5, 0.6) is 0 Å². The van der Waals surface area contributed by atoms with E-state index in [2.05, 4.69) is 314 Å². The van der Waals surface area contributed by atoms with Crippen LogP contribution in [0.15, 0.2) is 314 Å². The monoisotopic (exact) mass is 1000 g/mol. The molecule has 0 radical (unpaired) electrons. The number of fused-ring (bicyclic) bond motifs is 6. The maximum atomic E-state index is 6.74. The molecule has 12 aromatic carbocycles. The molecule has 0 N–H and O–H groups in total. The minimum Gasteiger partial charge on any atom is -0.456 e. The lowest BCUT2D eigenvalue weighted by molar-refractivity contribution is 0.669. The van der Waals surface area contributed by atoms with E-state index in [0.717, 1.165) is 38.8 Å². The first-order valence-electron chi connectivity index (χ1n) is 26.2. The molecule has 2 nitrogen and oxygen atoms in total. The Morgan fingerprint density at radius 1 is 0.224 bits per heavy atom. The van der Waals surface area contributed by atoms with Crippen LogP contribution in [0.25, 0.3) is 71.7 Å². The summed E-state index contributed by atoms with van der Waals surface area (Å²) in [5, 5.41) is 15.4. The van der Waals surface area contributed by atoms with Gasteiger partial charge < -0.3 is 8.98 Å². The van der Waals surface area contributed by atoms with Crippen molar-refractivity contribution < 1.29 is 4.42 Å². The van der Waals surface area contributed by atoms with Gasteiger partial charge in [-0.2, -0.15) is 0 Å². The molecule has 0 amide bonds. The SMILES string of the molecule is c1ccc([Si](c2ccccc2)(c2ccccc2)c2cccc(-c3cccc(-c4ccc5oc6ccc([Si](c7ccccc7)(c7ccccc7)c7cccc(-n8c9ccccc9c9ccccc98)c7)cc6c5c4)c3)c2)cc1. The quantitative estimate of drug-likeness (QED) is 0.0933. The first kappa shape index (κ1) is 45.3. The van der Waals surface area contributed by atoms with Gasteiger partial charge in [0.15, 0.2) is 16.1 Å². The number of furan rings is 1. The molecular formula is C72H51NOSi2. The van der Waals surface area contributed by atoms with Gasteiger partial charge in [-0.05, 0) is 112 Å². The van der Waals surface area contributed by atoms with Crippen molar-refractivity contribution in [2.45, 2.75) is 0 Å². The second-order valence-electron chi connectivity index (χ2n) is 19.9. The van der Waals surface area contributed by atoms with E-state index in [1.807, 2.05) is 0 Å². The fourth-order valence-corrected chi connectivity index (χ4v) is 22.1. The third-order valence-electron chi connectivity index (χ3n) is 15.9. The van der Waals surface area contributed by atoms with E-state index in [4.69, 9.17) is 4.42 Å². The molecule has 0 saturated carbocycles. The van der Waals surface area contributed by atoms with Crippen LogP contribution in [0, 0.1) is 0 Å². The summed E-state index contributed by atoms with van der Waals surface area (Å²) < 4.78 is 9.18. The van der Waals surface area contributed by atoms with Gasteiger partial charge >= 0.3 is 0 Å². The Labute approximate surface area is 445 Å². The van der Waals surface area contributed by atoms with E-state index in [1.54, 1.807) is 0 Å². The highest BCUT2D eigenvalue weighted by atomic mass is 28.3. The normalized spacial score (nSPS) is 11.9. The van der Waals surface area contributed by atoms with Crippen molar-refractivity contribution >= 4 is 101 Å². The van der Waals surface area contributed by atoms with Crippen LogP contribution < -0.4 is 41.5 Å². The van der Waals surface area contributed by atoms with Gasteiger partial charge in [0.1, 0.15) is 11.2 Å². The zero-order valence-corrected chi connectivity index (χ0v) is 43.8. The third kappa shape index (κ3) is 7.37. The zero-order valence-electron chi connectivity index (χ0n) is 41.8. The highest BCUT2D eigenvalue weighted by Gasteiger charge is 2.43. The smallest absolute Gasteiger partial charge is 0.179 e. The van der Waals surface area contributed by atoms with Gasteiger partial charge in [0.05, 0.1) is 11.0 Å². The van der Waals surface area contributed by atoms with Gasteiger partial charge in [-0.1, -0.05) is 261 Å². The number of aromatic nitrogens is 1. The number of hydrogen-bond donors (Lipinski definition) is 0. The first-order chi connectivity index (χ1) is 37.7. The lowest BCUT2D eigenvalue weighted by Crippen LogP contribution is -2.74. The van der Waals surface area contributed by atoms with Gasteiger partial charge in [0.2, 0.25) is 0 Å². The summed E-state index contributed by atoms with van der Waals surface area (Å²) in [6.45, 7) is 0. The van der Waals surface area contributed by atoms with Gasteiger partial charge in [-0.15, -0.1) is 0 Å². The van der Waals surface area contributed by atoms with E-state index >= 15 is 0 Å². The summed E-state index contributed by atoms with van der Waals surface area (Å²) in [7, 11) is -5.73. The topological polar surface area (TPSA) is 18.1 Å². The summed E-state index contributed by atoms with van der Waals surface area (Å²) >= 11 is 0. The number of hydrogen-bond acceptors (Lipinski definition) is 1. The van der Waals surface area contributed by atoms with E-state index in [-0.39, 0.29) is 0 Å². The maximum absolute atomic E-state index is 6.74. The number of para-hydroxylation sites is 2. The number of nitrogens with zero attached hydrogens (tertiary/aromatic N) is 1. The highest BCUT2D eigenvalue weighted by molar-refractivity contribution is 7.20. The lowest BCUT2D eigenvalue weighted by Gasteiger charge is -2.34. The van der Waals surface area contributed by atoms with Gasteiger partial charge in [-0.25, -0.2) is 0 Å².